The van der Waals surface area contributed by atoms with Crippen molar-refractivity contribution in [3.8, 4) is 6.07 Å². The number of pyridine rings is 1. The molecule has 1 fully saturated rings. The fourth-order valence-electron chi connectivity index (χ4n) is 4.51. The average Bonchev–Trinajstić information content (AvgIpc) is 3.32. The molecule has 160 valence electrons. The molecular weight excluding hydrogens is 400 g/mol. The maximum atomic E-state index is 12.5. The third-order valence-electron chi connectivity index (χ3n) is 6.44. The molecule has 1 atom stereocenters. The number of carbonyl (C=O) groups is 1. The summed E-state index contributed by atoms with van der Waals surface area (Å²) in [5, 5.41) is 14.7. The highest BCUT2D eigenvalue weighted by molar-refractivity contribution is 5.90. The van der Waals surface area contributed by atoms with Gasteiger partial charge in [0, 0.05) is 36.5 Å². The fourth-order valence-corrected chi connectivity index (χ4v) is 4.51. The Bertz CT molecular complexity index is 1340. The van der Waals surface area contributed by atoms with Gasteiger partial charge in [0.2, 0.25) is 5.91 Å². The summed E-state index contributed by atoms with van der Waals surface area (Å²) in [6, 6.07) is 13.6. The molecule has 1 unspecified atom stereocenters. The molecule has 0 saturated heterocycles. The van der Waals surface area contributed by atoms with Crippen molar-refractivity contribution in [1.82, 2.24) is 19.3 Å². The highest BCUT2D eigenvalue weighted by Crippen LogP contribution is 2.41. The van der Waals surface area contributed by atoms with Crippen molar-refractivity contribution < 1.29 is 4.79 Å². The number of benzene rings is 1. The average molecular weight is 425 g/mol. The summed E-state index contributed by atoms with van der Waals surface area (Å²) in [6.45, 7) is 0.445. The number of amides is 1. The van der Waals surface area contributed by atoms with Gasteiger partial charge in [0.15, 0.2) is 0 Å². The van der Waals surface area contributed by atoms with Crippen LogP contribution >= 0.6 is 0 Å². The van der Waals surface area contributed by atoms with Crippen molar-refractivity contribution in [3.05, 3.63) is 83.1 Å². The Kier molecular flexibility index (Phi) is 4.98. The lowest BCUT2D eigenvalue weighted by Gasteiger charge is -2.25. The molecule has 1 aromatic carbocycles. The smallest absolute Gasteiger partial charge is 0.231 e. The minimum atomic E-state index is -0.621. The molecule has 7 nitrogen and oxygen atoms in total. The second-order valence-corrected chi connectivity index (χ2v) is 8.52. The van der Waals surface area contributed by atoms with E-state index in [4.69, 9.17) is 11.0 Å². The number of hydrogen-bond donors (Lipinski definition) is 1. The van der Waals surface area contributed by atoms with Gasteiger partial charge < -0.3 is 10.3 Å². The van der Waals surface area contributed by atoms with Crippen LogP contribution in [0, 0.1) is 11.3 Å². The molecule has 5 rings (SSSR count). The zero-order valence-electron chi connectivity index (χ0n) is 17.9. The third-order valence-corrected chi connectivity index (χ3v) is 6.44. The van der Waals surface area contributed by atoms with E-state index in [0.29, 0.717) is 23.7 Å². The number of nitrogens with two attached hydrogens (primary N) is 1. The first-order valence-corrected chi connectivity index (χ1v) is 10.8. The number of rotatable bonds is 6. The first-order chi connectivity index (χ1) is 15.5. The minimum Gasteiger partial charge on any atom is -0.369 e. The van der Waals surface area contributed by atoms with E-state index >= 15 is 0 Å². The molecule has 0 radical (unpaired) electrons. The van der Waals surface area contributed by atoms with Crippen molar-refractivity contribution in [2.75, 3.05) is 0 Å². The summed E-state index contributed by atoms with van der Waals surface area (Å²) in [4.78, 5) is 16.8. The van der Waals surface area contributed by atoms with Gasteiger partial charge in [0.25, 0.3) is 0 Å². The van der Waals surface area contributed by atoms with Crippen molar-refractivity contribution in [3.63, 3.8) is 0 Å². The van der Waals surface area contributed by atoms with Gasteiger partial charge in [0.05, 0.1) is 23.5 Å². The van der Waals surface area contributed by atoms with E-state index in [0.717, 1.165) is 16.8 Å². The summed E-state index contributed by atoms with van der Waals surface area (Å²) >= 11 is 0. The maximum absolute atomic E-state index is 12.5. The maximum Gasteiger partial charge on any atom is 0.231 e. The number of hydrogen-bond acceptors (Lipinski definition) is 4. The lowest BCUT2D eigenvalue weighted by atomic mass is 9.79. The molecule has 1 amide bonds. The van der Waals surface area contributed by atoms with Crippen LogP contribution in [0.1, 0.15) is 59.2 Å². The van der Waals surface area contributed by atoms with E-state index in [9.17, 15) is 4.79 Å². The fraction of sp³-hybridized carbons (Fsp3) is 0.280. The summed E-state index contributed by atoms with van der Waals surface area (Å²) in [5.41, 5.74) is 11.1. The van der Waals surface area contributed by atoms with Crippen LogP contribution in [0.3, 0.4) is 0 Å². The van der Waals surface area contributed by atoms with Crippen LogP contribution in [-0.4, -0.2) is 25.2 Å². The van der Waals surface area contributed by atoms with Crippen molar-refractivity contribution >= 4 is 16.8 Å². The van der Waals surface area contributed by atoms with Gasteiger partial charge in [-0.2, -0.15) is 10.4 Å². The highest BCUT2D eigenvalue weighted by Gasteiger charge is 2.26. The van der Waals surface area contributed by atoms with E-state index in [-0.39, 0.29) is 0 Å². The normalized spacial score (nSPS) is 14.8. The molecule has 3 heterocycles. The molecule has 3 aromatic heterocycles. The van der Waals surface area contributed by atoms with Crippen molar-refractivity contribution in [2.45, 2.75) is 37.6 Å². The Morgan fingerprint density at radius 1 is 1.28 bits per heavy atom. The van der Waals surface area contributed by atoms with Gasteiger partial charge in [0.1, 0.15) is 12.0 Å². The molecule has 0 aliphatic heterocycles. The van der Waals surface area contributed by atoms with Crippen molar-refractivity contribution in [2.24, 2.45) is 12.8 Å². The molecular formula is C25H24N6O. The van der Waals surface area contributed by atoms with Crippen LogP contribution < -0.4 is 5.73 Å². The Hall–Kier alpha value is -3.92. The zero-order valence-corrected chi connectivity index (χ0v) is 17.9. The summed E-state index contributed by atoms with van der Waals surface area (Å²) < 4.78 is 3.89. The van der Waals surface area contributed by atoms with Crippen LogP contribution in [-0.2, 0) is 18.4 Å². The lowest BCUT2D eigenvalue weighted by Crippen LogP contribution is -2.23. The first-order valence-electron chi connectivity index (χ1n) is 10.8. The monoisotopic (exact) mass is 424 g/mol. The Morgan fingerprint density at radius 2 is 2.12 bits per heavy atom. The number of nitrogens with zero attached hydrogens (tertiary/aromatic N) is 5. The van der Waals surface area contributed by atoms with Gasteiger partial charge in [-0.15, -0.1) is 0 Å². The standard InChI is InChI=1S/C25H24N6O/c1-30-15-21(17-3-2-4-17)20-11-18(6-8-23(20)30)24(25(27)32)22-9-10-31(29-22)14-19-7-5-16(12-26)13-28-19/h5-11,13,15,17,24H,2-4,14H2,1H3,(H2,27,32). The molecule has 0 spiro atoms. The van der Waals surface area contributed by atoms with E-state index in [2.05, 4.69) is 46.1 Å². The van der Waals surface area contributed by atoms with Gasteiger partial charge in [-0.05, 0) is 60.2 Å². The van der Waals surface area contributed by atoms with E-state index in [1.807, 2.05) is 18.3 Å². The SMILES string of the molecule is Cn1cc(C2CCC2)c2cc(C(C(N)=O)c3ccn(Cc4ccc(C#N)cn4)n3)ccc21. The predicted molar refractivity (Wildman–Crippen MR) is 121 cm³/mol. The largest absolute Gasteiger partial charge is 0.369 e. The molecule has 1 aliphatic carbocycles. The Labute approximate surface area is 186 Å². The lowest BCUT2D eigenvalue weighted by molar-refractivity contribution is -0.118. The van der Waals surface area contributed by atoms with E-state index in [1.54, 1.807) is 23.0 Å². The van der Waals surface area contributed by atoms with Gasteiger partial charge in [-0.25, -0.2) is 0 Å². The number of nitriles is 1. The van der Waals surface area contributed by atoms with Crippen LogP contribution in [0.2, 0.25) is 0 Å². The Morgan fingerprint density at radius 3 is 2.78 bits per heavy atom. The number of carbonyl (C=O) groups excluding carboxylic acids is 1. The molecule has 7 heteroatoms. The third kappa shape index (κ3) is 3.54. The molecule has 1 saturated carbocycles. The zero-order chi connectivity index (χ0) is 22.2. The van der Waals surface area contributed by atoms with E-state index in [1.165, 1.54) is 30.2 Å². The van der Waals surface area contributed by atoms with Crippen LogP contribution in [0.4, 0.5) is 0 Å². The summed E-state index contributed by atoms with van der Waals surface area (Å²) in [5.74, 6) is -0.448. The number of fused-ring (bicyclic) bond motifs is 1. The van der Waals surface area contributed by atoms with Gasteiger partial charge in [-0.1, -0.05) is 12.5 Å². The predicted octanol–water partition coefficient (Wildman–Crippen LogP) is 3.57. The molecule has 0 bridgehead atoms. The van der Waals surface area contributed by atoms with Crippen LogP contribution in [0.25, 0.3) is 10.9 Å². The molecule has 2 N–H and O–H groups in total. The minimum absolute atomic E-state index is 0.424. The summed E-state index contributed by atoms with van der Waals surface area (Å²) in [6.07, 6.45) is 9.30. The topological polar surface area (TPSA) is 103 Å². The number of aryl methyl sites for hydroxylation is 1. The van der Waals surface area contributed by atoms with Crippen LogP contribution in [0.15, 0.2) is 55.0 Å². The second-order valence-electron chi connectivity index (χ2n) is 8.52. The van der Waals surface area contributed by atoms with Crippen molar-refractivity contribution in [1.29, 1.82) is 5.26 Å². The van der Waals surface area contributed by atoms with E-state index < -0.39 is 11.8 Å². The van der Waals surface area contributed by atoms with Gasteiger partial charge in [-0.3, -0.25) is 14.5 Å². The van der Waals surface area contributed by atoms with Gasteiger partial charge >= 0.3 is 0 Å². The van der Waals surface area contributed by atoms with Crippen LogP contribution in [0.5, 0.6) is 0 Å². The molecule has 4 aromatic rings. The molecule has 1 aliphatic rings. The first kappa shape index (κ1) is 20.0. The number of primary amides is 1. The highest BCUT2D eigenvalue weighted by atomic mass is 16.1. The molecule has 32 heavy (non-hydrogen) atoms. The quantitative estimate of drug-likeness (QED) is 0.511. The Balaban J connectivity index is 1.47. The number of aromatic nitrogens is 4. The second kappa shape index (κ2) is 7.97. The summed E-state index contributed by atoms with van der Waals surface area (Å²) in [7, 11) is 2.06.